The van der Waals surface area contributed by atoms with Gasteiger partial charge in [-0.25, -0.2) is 4.68 Å². The van der Waals surface area contributed by atoms with E-state index in [2.05, 4.69) is 20.9 Å². The molecule has 7 nitrogen and oxygen atoms in total. The predicted molar refractivity (Wildman–Crippen MR) is 110 cm³/mol. The summed E-state index contributed by atoms with van der Waals surface area (Å²) in [5.41, 5.74) is 4.89. The van der Waals surface area contributed by atoms with Crippen molar-refractivity contribution in [2.75, 3.05) is 17.9 Å². The Bertz CT molecular complexity index is 1010. The van der Waals surface area contributed by atoms with Crippen LogP contribution >= 0.6 is 23.4 Å². The quantitative estimate of drug-likeness (QED) is 0.677. The van der Waals surface area contributed by atoms with Crippen LogP contribution in [0.2, 0.25) is 5.02 Å². The van der Waals surface area contributed by atoms with Crippen molar-refractivity contribution in [1.82, 2.24) is 14.9 Å². The van der Waals surface area contributed by atoms with Crippen LogP contribution in [0.15, 0.2) is 53.7 Å². The molecule has 1 aromatic heterocycles. The Labute approximate surface area is 171 Å². The minimum absolute atomic E-state index is 0.168. The lowest BCUT2D eigenvalue weighted by atomic mass is 10.0. The van der Waals surface area contributed by atoms with Crippen molar-refractivity contribution in [3.05, 3.63) is 64.9 Å². The number of methoxy groups -OCH3 is 1. The molecule has 144 valence electrons. The summed E-state index contributed by atoms with van der Waals surface area (Å²) in [6.45, 7) is 1.86. The second-order valence-corrected chi connectivity index (χ2v) is 7.77. The monoisotopic (exact) mass is 415 g/mol. The summed E-state index contributed by atoms with van der Waals surface area (Å²) >= 11 is 7.57. The van der Waals surface area contributed by atoms with E-state index in [0.29, 0.717) is 15.9 Å². The van der Waals surface area contributed by atoms with Gasteiger partial charge in [0.15, 0.2) is 0 Å². The normalized spacial score (nSPS) is 18.1. The molecule has 2 N–H and O–H groups in total. The van der Waals surface area contributed by atoms with Crippen molar-refractivity contribution >= 4 is 35.0 Å². The number of benzene rings is 2. The van der Waals surface area contributed by atoms with Crippen LogP contribution < -0.4 is 15.5 Å². The first-order chi connectivity index (χ1) is 13.6. The Hall–Kier alpha value is -2.71. The van der Waals surface area contributed by atoms with E-state index in [1.165, 1.54) is 11.8 Å². The maximum atomic E-state index is 13.1. The van der Waals surface area contributed by atoms with Crippen LogP contribution in [0.25, 0.3) is 0 Å². The Morgan fingerprint density at radius 1 is 1.21 bits per heavy atom. The highest BCUT2D eigenvalue weighted by Gasteiger charge is 2.37. The molecule has 2 atom stereocenters. The molecule has 1 aliphatic heterocycles. The van der Waals surface area contributed by atoms with E-state index in [4.69, 9.17) is 16.3 Å². The number of nitrogens with one attached hydrogen (secondary N) is 2. The molecule has 1 amide bonds. The number of carbonyl (C=O) groups excluding carboxylic acids is 1. The summed E-state index contributed by atoms with van der Waals surface area (Å²) in [5.74, 6) is 1.31. The minimum Gasteiger partial charge on any atom is -0.497 e. The molecule has 3 aromatic rings. The molecule has 0 spiro atoms. The number of carbonyl (C=O) groups is 1. The number of amides is 1. The maximum Gasteiger partial charge on any atom is 0.240 e. The van der Waals surface area contributed by atoms with Gasteiger partial charge < -0.3 is 15.5 Å². The number of nitrogens with zero attached hydrogens (tertiary/aromatic N) is 3. The SMILES string of the molecule is COc1ccc([C@H]2Nn3c(C)nnc3S[C@H]2C(=O)Nc2ccccc2Cl)cc1. The second-order valence-electron chi connectivity index (χ2n) is 6.25. The first-order valence-electron chi connectivity index (χ1n) is 8.61. The molecule has 0 aliphatic carbocycles. The second kappa shape index (κ2) is 7.73. The summed E-state index contributed by atoms with van der Waals surface area (Å²) in [4.78, 5) is 13.1. The van der Waals surface area contributed by atoms with E-state index >= 15 is 0 Å². The van der Waals surface area contributed by atoms with Crippen LogP contribution in [0, 0.1) is 6.92 Å². The van der Waals surface area contributed by atoms with Crippen molar-refractivity contribution in [3.8, 4) is 5.75 Å². The smallest absolute Gasteiger partial charge is 0.240 e. The lowest BCUT2D eigenvalue weighted by Gasteiger charge is -2.32. The van der Waals surface area contributed by atoms with Gasteiger partial charge in [-0.2, -0.15) is 0 Å². The van der Waals surface area contributed by atoms with E-state index in [-0.39, 0.29) is 11.9 Å². The van der Waals surface area contributed by atoms with Crippen LogP contribution in [0.1, 0.15) is 17.4 Å². The van der Waals surface area contributed by atoms with Gasteiger partial charge in [0.2, 0.25) is 11.1 Å². The van der Waals surface area contributed by atoms with Crippen LogP contribution in [0.5, 0.6) is 5.75 Å². The van der Waals surface area contributed by atoms with Gasteiger partial charge in [-0.3, -0.25) is 4.79 Å². The third-order valence-corrected chi connectivity index (χ3v) is 6.01. The van der Waals surface area contributed by atoms with Crippen molar-refractivity contribution in [2.45, 2.75) is 23.4 Å². The Morgan fingerprint density at radius 3 is 2.68 bits per heavy atom. The molecule has 4 rings (SSSR count). The van der Waals surface area contributed by atoms with Crippen LogP contribution in [0.4, 0.5) is 5.69 Å². The first kappa shape index (κ1) is 18.6. The molecule has 0 bridgehead atoms. The number of halogens is 1. The van der Waals surface area contributed by atoms with Crippen molar-refractivity contribution < 1.29 is 9.53 Å². The number of rotatable bonds is 4. The van der Waals surface area contributed by atoms with Crippen molar-refractivity contribution in [2.24, 2.45) is 0 Å². The fraction of sp³-hybridized carbons (Fsp3) is 0.211. The fourth-order valence-corrected chi connectivity index (χ4v) is 4.30. The van der Waals surface area contributed by atoms with Crippen molar-refractivity contribution in [3.63, 3.8) is 0 Å². The molecule has 1 aliphatic rings. The van der Waals surface area contributed by atoms with Crippen molar-refractivity contribution in [1.29, 1.82) is 0 Å². The van der Waals surface area contributed by atoms with Crippen LogP contribution in [-0.4, -0.2) is 33.1 Å². The molecule has 2 aromatic carbocycles. The first-order valence-corrected chi connectivity index (χ1v) is 9.87. The molecular weight excluding hydrogens is 398 g/mol. The summed E-state index contributed by atoms with van der Waals surface area (Å²) in [7, 11) is 1.62. The zero-order valence-electron chi connectivity index (χ0n) is 15.2. The highest BCUT2D eigenvalue weighted by molar-refractivity contribution is 8.00. The molecule has 9 heteroatoms. The molecular formula is C19H18ClN5O2S. The average molecular weight is 416 g/mol. The molecule has 28 heavy (non-hydrogen) atoms. The minimum atomic E-state index is -0.472. The summed E-state index contributed by atoms with van der Waals surface area (Å²) in [5, 5.41) is 11.8. The predicted octanol–water partition coefficient (Wildman–Crippen LogP) is 3.65. The number of aryl methyl sites for hydroxylation is 1. The third-order valence-electron chi connectivity index (χ3n) is 4.46. The van der Waals surface area contributed by atoms with Gasteiger partial charge >= 0.3 is 0 Å². The molecule has 0 saturated heterocycles. The highest BCUT2D eigenvalue weighted by atomic mass is 35.5. The largest absolute Gasteiger partial charge is 0.497 e. The van der Waals surface area contributed by atoms with Gasteiger partial charge in [0.25, 0.3) is 0 Å². The van der Waals surface area contributed by atoms with Crippen LogP contribution in [-0.2, 0) is 4.79 Å². The maximum absolute atomic E-state index is 13.1. The zero-order chi connectivity index (χ0) is 19.7. The topological polar surface area (TPSA) is 81.1 Å². The summed E-state index contributed by atoms with van der Waals surface area (Å²) < 4.78 is 7.05. The fourth-order valence-electron chi connectivity index (χ4n) is 2.99. The molecule has 0 radical (unpaired) electrons. The van der Waals surface area contributed by atoms with E-state index < -0.39 is 5.25 Å². The third kappa shape index (κ3) is 3.53. The number of ether oxygens (including phenoxy) is 1. The number of para-hydroxylation sites is 1. The van der Waals surface area contributed by atoms with Gasteiger partial charge in [-0.05, 0) is 36.8 Å². The van der Waals surface area contributed by atoms with Gasteiger partial charge in [0.05, 0.1) is 23.9 Å². The molecule has 0 saturated carbocycles. The van der Waals surface area contributed by atoms with Gasteiger partial charge in [0.1, 0.15) is 16.8 Å². The number of anilines is 1. The number of thioether (sulfide) groups is 1. The van der Waals surface area contributed by atoms with E-state index in [9.17, 15) is 4.79 Å². The highest BCUT2D eigenvalue weighted by Crippen LogP contribution is 2.38. The number of hydrogen-bond acceptors (Lipinski definition) is 6. The molecule has 0 fully saturated rings. The van der Waals surface area contributed by atoms with Crippen LogP contribution in [0.3, 0.4) is 0 Å². The summed E-state index contributed by atoms with van der Waals surface area (Å²) in [6, 6.07) is 14.5. The number of hydrogen-bond donors (Lipinski definition) is 2. The Morgan fingerprint density at radius 2 is 1.96 bits per heavy atom. The van der Waals surface area contributed by atoms with E-state index in [1.54, 1.807) is 23.9 Å². The van der Waals surface area contributed by atoms with Gasteiger partial charge in [-0.1, -0.05) is 47.6 Å². The lowest BCUT2D eigenvalue weighted by molar-refractivity contribution is -0.116. The van der Waals surface area contributed by atoms with Gasteiger partial charge in [-0.15, -0.1) is 10.2 Å². The Kier molecular flexibility index (Phi) is 5.15. The standard InChI is InChI=1S/C19H18ClN5O2S/c1-11-22-23-19-25(11)24-16(12-7-9-13(27-2)10-8-12)17(28-19)18(26)21-15-6-4-3-5-14(15)20/h3-10,16-17,24H,1-2H3,(H,21,26)/t16-,17-/m1/s1. The molecule has 0 unspecified atom stereocenters. The number of aromatic nitrogens is 3. The molecule has 2 heterocycles. The Balaban J connectivity index is 1.67. The zero-order valence-corrected chi connectivity index (χ0v) is 16.8. The van der Waals surface area contributed by atoms with Gasteiger partial charge in [0, 0.05) is 0 Å². The average Bonchev–Trinajstić information content (AvgIpc) is 3.09. The van der Waals surface area contributed by atoms with E-state index in [0.717, 1.165) is 17.1 Å². The summed E-state index contributed by atoms with van der Waals surface area (Å²) in [6.07, 6.45) is 0. The lowest BCUT2D eigenvalue weighted by Crippen LogP contribution is -2.41. The number of fused-ring (bicyclic) bond motifs is 1. The van der Waals surface area contributed by atoms with E-state index in [1.807, 2.05) is 43.3 Å².